The number of rotatable bonds is 4. The summed E-state index contributed by atoms with van der Waals surface area (Å²) in [5.41, 5.74) is 2.18. The van der Waals surface area contributed by atoms with Gasteiger partial charge in [-0.3, -0.25) is 0 Å². The first-order chi connectivity index (χ1) is 9.65. The number of pyridine rings is 1. The van der Waals surface area contributed by atoms with Crippen LogP contribution in [0.4, 0.5) is 0 Å². The zero-order valence-corrected chi connectivity index (χ0v) is 11.3. The summed E-state index contributed by atoms with van der Waals surface area (Å²) in [6, 6.07) is 10.3. The molecule has 0 fully saturated rings. The van der Waals surface area contributed by atoms with E-state index in [-0.39, 0.29) is 5.56 Å². The van der Waals surface area contributed by atoms with Gasteiger partial charge in [-0.05, 0) is 29.3 Å². The van der Waals surface area contributed by atoms with Crippen LogP contribution in [0.2, 0.25) is 5.15 Å². The van der Waals surface area contributed by atoms with Crippen LogP contribution < -0.4 is 0 Å². The van der Waals surface area contributed by atoms with Crippen LogP contribution in [0.25, 0.3) is 12.2 Å². The van der Waals surface area contributed by atoms with E-state index in [4.69, 9.17) is 16.7 Å². The van der Waals surface area contributed by atoms with Gasteiger partial charge in [-0.15, -0.1) is 0 Å². The molecule has 0 radical (unpaired) electrons. The van der Waals surface area contributed by atoms with Crippen LogP contribution in [0.15, 0.2) is 54.7 Å². The van der Waals surface area contributed by atoms with Crippen LogP contribution in [-0.2, 0) is 0 Å². The molecule has 0 unspecified atom stereocenters. The highest BCUT2D eigenvalue weighted by molar-refractivity contribution is 6.29. The van der Waals surface area contributed by atoms with Gasteiger partial charge in [0, 0.05) is 6.20 Å². The normalized spacial score (nSPS) is 11.2. The molecule has 0 bridgehead atoms. The van der Waals surface area contributed by atoms with Crippen LogP contribution in [0.3, 0.4) is 0 Å². The van der Waals surface area contributed by atoms with Gasteiger partial charge in [0.25, 0.3) is 0 Å². The van der Waals surface area contributed by atoms with Crippen LogP contribution in [0, 0.1) is 0 Å². The predicted octanol–water partition coefficient (Wildman–Crippen LogP) is 4.16. The second-order valence-electron chi connectivity index (χ2n) is 4.06. The van der Waals surface area contributed by atoms with Gasteiger partial charge in [0.1, 0.15) is 5.15 Å². The van der Waals surface area contributed by atoms with Crippen molar-refractivity contribution in [3.8, 4) is 0 Å². The van der Waals surface area contributed by atoms with E-state index in [9.17, 15) is 4.79 Å². The number of carbonyl (C=O) groups is 1. The highest BCUT2D eigenvalue weighted by Gasteiger charge is 1.99. The number of allylic oxidation sites excluding steroid dienone is 2. The molecular weight excluding hydrogens is 274 g/mol. The number of hydrogen-bond donors (Lipinski definition) is 1. The van der Waals surface area contributed by atoms with Crippen molar-refractivity contribution in [2.45, 2.75) is 0 Å². The summed E-state index contributed by atoms with van der Waals surface area (Å²) < 4.78 is 0. The molecule has 0 aliphatic heterocycles. The maximum absolute atomic E-state index is 10.7. The van der Waals surface area contributed by atoms with Crippen molar-refractivity contribution >= 4 is 29.7 Å². The zero-order valence-electron chi connectivity index (χ0n) is 10.5. The summed E-state index contributed by atoms with van der Waals surface area (Å²) in [5.74, 6) is -0.921. The maximum Gasteiger partial charge on any atom is 0.335 e. The molecule has 0 amide bonds. The van der Waals surface area contributed by atoms with Gasteiger partial charge >= 0.3 is 5.97 Å². The lowest BCUT2D eigenvalue weighted by atomic mass is 10.1. The Bertz CT molecular complexity index is 643. The fourth-order valence-corrected chi connectivity index (χ4v) is 1.67. The van der Waals surface area contributed by atoms with E-state index in [1.54, 1.807) is 36.5 Å². The molecule has 0 aliphatic carbocycles. The van der Waals surface area contributed by atoms with Crippen LogP contribution in [-0.4, -0.2) is 16.1 Å². The summed E-state index contributed by atoms with van der Waals surface area (Å²) in [6.07, 6.45) is 9.26. The zero-order chi connectivity index (χ0) is 14.4. The first-order valence-corrected chi connectivity index (χ1v) is 6.32. The molecule has 2 aromatic rings. The van der Waals surface area contributed by atoms with E-state index in [2.05, 4.69) is 4.98 Å². The van der Waals surface area contributed by atoms with E-state index in [1.165, 1.54) is 0 Å². The standard InChI is InChI=1S/C16H12ClNO2/c17-15-10-7-13(11-18-15)4-2-1-3-12-5-8-14(9-6-12)16(19)20/h1-11H,(H,19,20). The van der Waals surface area contributed by atoms with E-state index >= 15 is 0 Å². The number of benzene rings is 1. The summed E-state index contributed by atoms with van der Waals surface area (Å²) in [7, 11) is 0. The Morgan fingerprint density at radius 2 is 1.60 bits per heavy atom. The molecule has 4 heteroatoms. The Hall–Kier alpha value is -2.39. The molecule has 1 aromatic heterocycles. The van der Waals surface area contributed by atoms with Gasteiger partial charge in [-0.1, -0.05) is 54.1 Å². The molecule has 0 aliphatic rings. The van der Waals surface area contributed by atoms with Gasteiger partial charge in [0.15, 0.2) is 0 Å². The minimum Gasteiger partial charge on any atom is -0.478 e. The van der Waals surface area contributed by atoms with Crippen LogP contribution in [0.5, 0.6) is 0 Å². The molecule has 1 heterocycles. The Morgan fingerprint density at radius 3 is 2.15 bits per heavy atom. The molecule has 3 nitrogen and oxygen atoms in total. The summed E-state index contributed by atoms with van der Waals surface area (Å²) in [5, 5.41) is 9.26. The summed E-state index contributed by atoms with van der Waals surface area (Å²) in [4.78, 5) is 14.7. The molecule has 100 valence electrons. The first-order valence-electron chi connectivity index (χ1n) is 5.95. The molecule has 20 heavy (non-hydrogen) atoms. The van der Waals surface area contributed by atoms with Crippen molar-refractivity contribution in [3.63, 3.8) is 0 Å². The number of halogens is 1. The Morgan fingerprint density at radius 1 is 1.00 bits per heavy atom. The van der Waals surface area contributed by atoms with Crippen molar-refractivity contribution in [1.29, 1.82) is 0 Å². The Labute approximate surface area is 121 Å². The van der Waals surface area contributed by atoms with Crippen molar-refractivity contribution in [1.82, 2.24) is 4.98 Å². The highest BCUT2D eigenvalue weighted by Crippen LogP contribution is 2.08. The molecule has 2 rings (SSSR count). The molecular formula is C16H12ClNO2. The van der Waals surface area contributed by atoms with Crippen molar-refractivity contribution in [3.05, 3.63) is 76.6 Å². The minimum atomic E-state index is -0.921. The quantitative estimate of drug-likeness (QED) is 0.678. The minimum absolute atomic E-state index is 0.282. The van der Waals surface area contributed by atoms with E-state index < -0.39 is 5.97 Å². The molecule has 0 spiro atoms. The third-order valence-corrected chi connectivity index (χ3v) is 2.82. The second kappa shape index (κ2) is 6.68. The summed E-state index contributed by atoms with van der Waals surface area (Å²) >= 11 is 5.70. The van der Waals surface area contributed by atoms with Crippen molar-refractivity contribution in [2.75, 3.05) is 0 Å². The first kappa shape index (κ1) is 14.0. The van der Waals surface area contributed by atoms with Crippen molar-refractivity contribution in [2.24, 2.45) is 0 Å². The average Bonchev–Trinajstić information content (AvgIpc) is 2.46. The van der Waals surface area contributed by atoms with E-state index in [0.29, 0.717) is 5.15 Å². The molecule has 0 saturated carbocycles. The fraction of sp³-hybridized carbons (Fsp3) is 0. The smallest absolute Gasteiger partial charge is 0.335 e. The number of hydrogen-bond acceptors (Lipinski definition) is 2. The lowest BCUT2D eigenvalue weighted by Gasteiger charge is -1.95. The maximum atomic E-state index is 10.7. The van der Waals surface area contributed by atoms with Gasteiger partial charge in [-0.2, -0.15) is 0 Å². The topological polar surface area (TPSA) is 50.2 Å². The summed E-state index contributed by atoms with van der Waals surface area (Å²) in [6.45, 7) is 0. The van der Waals surface area contributed by atoms with Crippen LogP contribution >= 0.6 is 11.6 Å². The number of carboxylic acids is 1. The lowest BCUT2D eigenvalue weighted by molar-refractivity contribution is 0.0697. The van der Waals surface area contributed by atoms with Gasteiger partial charge in [0.2, 0.25) is 0 Å². The van der Waals surface area contributed by atoms with Gasteiger partial charge in [-0.25, -0.2) is 9.78 Å². The SMILES string of the molecule is O=C(O)c1ccc(C=CC=Cc2ccc(Cl)nc2)cc1. The lowest BCUT2D eigenvalue weighted by Crippen LogP contribution is -1.94. The molecule has 0 saturated heterocycles. The van der Waals surface area contributed by atoms with Gasteiger partial charge < -0.3 is 5.11 Å². The Kier molecular flexibility index (Phi) is 4.69. The number of aromatic nitrogens is 1. The average molecular weight is 286 g/mol. The third-order valence-electron chi connectivity index (χ3n) is 2.60. The molecule has 0 atom stereocenters. The van der Waals surface area contributed by atoms with Crippen molar-refractivity contribution < 1.29 is 9.90 Å². The number of carboxylic acid groups (broad SMARTS) is 1. The largest absolute Gasteiger partial charge is 0.478 e. The molecule has 1 aromatic carbocycles. The van der Waals surface area contributed by atoms with E-state index in [1.807, 2.05) is 30.4 Å². The predicted molar refractivity (Wildman–Crippen MR) is 80.7 cm³/mol. The number of aromatic carboxylic acids is 1. The molecule has 1 N–H and O–H groups in total. The van der Waals surface area contributed by atoms with Crippen LogP contribution in [0.1, 0.15) is 21.5 Å². The Balaban J connectivity index is 1.99. The highest BCUT2D eigenvalue weighted by atomic mass is 35.5. The number of nitrogens with zero attached hydrogens (tertiary/aromatic N) is 1. The van der Waals surface area contributed by atoms with E-state index in [0.717, 1.165) is 11.1 Å². The second-order valence-corrected chi connectivity index (χ2v) is 4.45. The van der Waals surface area contributed by atoms with Gasteiger partial charge in [0.05, 0.1) is 5.56 Å². The third kappa shape index (κ3) is 4.07. The fourth-order valence-electron chi connectivity index (χ4n) is 1.56. The monoisotopic (exact) mass is 285 g/mol.